The van der Waals surface area contributed by atoms with Crippen LogP contribution in [0.15, 0.2) is 17.1 Å². The molecular formula is C7H10N2O. The van der Waals surface area contributed by atoms with Gasteiger partial charge in [0.05, 0.1) is 6.42 Å². The Kier molecular flexibility index (Phi) is 2.20. The van der Waals surface area contributed by atoms with Crippen molar-refractivity contribution in [2.24, 2.45) is 10.7 Å². The van der Waals surface area contributed by atoms with Gasteiger partial charge >= 0.3 is 0 Å². The lowest BCUT2D eigenvalue weighted by Gasteiger charge is -2.02. The Morgan fingerprint density at radius 2 is 2.60 bits per heavy atom. The van der Waals surface area contributed by atoms with E-state index < -0.39 is 0 Å². The maximum Gasteiger partial charge on any atom is 0.223 e. The van der Waals surface area contributed by atoms with Crippen molar-refractivity contribution in [1.82, 2.24) is 0 Å². The minimum absolute atomic E-state index is 0.274. The van der Waals surface area contributed by atoms with E-state index in [0.717, 1.165) is 18.7 Å². The van der Waals surface area contributed by atoms with Gasteiger partial charge in [-0.1, -0.05) is 6.08 Å². The minimum Gasteiger partial charge on any atom is -0.369 e. The molecule has 1 aliphatic heterocycles. The molecule has 0 radical (unpaired) electrons. The fourth-order valence-corrected chi connectivity index (χ4v) is 0.848. The molecule has 0 fully saturated rings. The highest BCUT2D eigenvalue weighted by atomic mass is 16.1. The Bertz CT molecular complexity index is 194. The first kappa shape index (κ1) is 6.99. The molecule has 1 rings (SSSR count). The molecule has 3 heteroatoms. The Balaban J connectivity index is 2.48. The summed E-state index contributed by atoms with van der Waals surface area (Å²) in [6.45, 7) is 0.791. The molecule has 0 aromatic carbocycles. The summed E-state index contributed by atoms with van der Waals surface area (Å²) in [6.07, 6.45) is 5.11. The van der Waals surface area contributed by atoms with Gasteiger partial charge in [0, 0.05) is 12.3 Å². The van der Waals surface area contributed by atoms with E-state index in [1.54, 1.807) is 0 Å². The minimum atomic E-state index is -0.315. The van der Waals surface area contributed by atoms with Crippen LogP contribution in [0.25, 0.3) is 0 Å². The molecule has 0 atom stereocenters. The van der Waals surface area contributed by atoms with E-state index in [4.69, 9.17) is 5.73 Å². The maximum atomic E-state index is 10.4. The first-order valence-electron chi connectivity index (χ1n) is 3.27. The molecular weight excluding hydrogens is 128 g/mol. The van der Waals surface area contributed by atoms with Crippen LogP contribution in [0, 0.1) is 0 Å². The zero-order chi connectivity index (χ0) is 7.40. The SMILES string of the molecule is NC(=O)CC1=NCCC=C1. The third kappa shape index (κ3) is 2.01. The summed E-state index contributed by atoms with van der Waals surface area (Å²) in [5.41, 5.74) is 5.77. The van der Waals surface area contributed by atoms with Crippen LogP contribution < -0.4 is 5.73 Å². The number of carbonyl (C=O) groups is 1. The number of nitrogens with zero attached hydrogens (tertiary/aromatic N) is 1. The van der Waals surface area contributed by atoms with Gasteiger partial charge in [0.1, 0.15) is 0 Å². The number of amides is 1. The zero-order valence-corrected chi connectivity index (χ0v) is 5.71. The highest BCUT2D eigenvalue weighted by Crippen LogP contribution is 1.98. The number of nitrogens with two attached hydrogens (primary N) is 1. The van der Waals surface area contributed by atoms with Gasteiger partial charge < -0.3 is 5.73 Å². The molecule has 54 valence electrons. The second kappa shape index (κ2) is 3.15. The third-order valence-electron chi connectivity index (χ3n) is 1.28. The number of carbonyl (C=O) groups excluding carboxylic acids is 1. The quantitative estimate of drug-likeness (QED) is 0.584. The van der Waals surface area contributed by atoms with Gasteiger partial charge in [-0.2, -0.15) is 0 Å². The van der Waals surface area contributed by atoms with Crippen LogP contribution in [0.2, 0.25) is 0 Å². The van der Waals surface area contributed by atoms with Crippen molar-refractivity contribution in [3.8, 4) is 0 Å². The fourth-order valence-electron chi connectivity index (χ4n) is 0.848. The summed E-state index contributed by atoms with van der Waals surface area (Å²) in [5, 5.41) is 0. The lowest BCUT2D eigenvalue weighted by molar-refractivity contribution is -0.116. The van der Waals surface area contributed by atoms with Crippen molar-refractivity contribution >= 4 is 11.6 Å². The number of rotatable bonds is 2. The van der Waals surface area contributed by atoms with Gasteiger partial charge in [0.25, 0.3) is 0 Å². The molecule has 10 heavy (non-hydrogen) atoms. The average Bonchev–Trinajstić information content (AvgIpc) is 1.88. The van der Waals surface area contributed by atoms with Gasteiger partial charge in [-0.05, 0) is 12.5 Å². The number of hydrogen-bond donors (Lipinski definition) is 1. The molecule has 3 nitrogen and oxygen atoms in total. The summed E-state index contributed by atoms with van der Waals surface area (Å²) in [7, 11) is 0. The summed E-state index contributed by atoms with van der Waals surface area (Å²) < 4.78 is 0. The lowest BCUT2D eigenvalue weighted by Crippen LogP contribution is -2.16. The van der Waals surface area contributed by atoms with E-state index in [1.807, 2.05) is 12.2 Å². The molecule has 1 amide bonds. The van der Waals surface area contributed by atoms with Crippen LogP contribution in [0.5, 0.6) is 0 Å². The van der Waals surface area contributed by atoms with Crippen molar-refractivity contribution in [3.05, 3.63) is 12.2 Å². The smallest absolute Gasteiger partial charge is 0.223 e. The number of allylic oxidation sites excluding steroid dienone is 1. The molecule has 2 N–H and O–H groups in total. The molecule has 1 aliphatic rings. The summed E-state index contributed by atoms with van der Waals surface area (Å²) in [6, 6.07) is 0. The van der Waals surface area contributed by atoms with E-state index >= 15 is 0 Å². The van der Waals surface area contributed by atoms with Crippen LogP contribution in [0.4, 0.5) is 0 Å². The molecule has 0 unspecified atom stereocenters. The van der Waals surface area contributed by atoms with Crippen LogP contribution in [-0.2, 0) is 4.79 Å². The van der Waals surface area contributed by atoms with Crippen molar-refractivity contribution in [3.63, 3.8) is 0 Å². The largest absolute Gasteiger partial charge is 0.369 e. The van der Waals surface area contributed by atoms with E-state index in [0.29, 0.717) is 0 Å². The van der Waals surface area contributed by atoms with Crippen LogP contribution in [0.1, 0.15) is 12.8 Å². The van der Waals surface area contributed by atoms with E-state index in [9.17, 15) is 4.79 Å². The van der Waals surface area contributed by atoms with E-state index in [1.165, 1.54) is 0 Å². The van der Waals surface area contributed by atoms with E-state index in [2.05, 4.69) is 4.99 Å². The van der Waals surface area contributed by atoms with Crippen molar-refractivity contribution < 1.29 is 4.79 Å². The first-order valence-corrected chi connectivity index (χ1v) is 3.27. The third-order valence-corrected chi connectivity index (χ3v) is 1.28. The van der Waals surface area contributed by atoms with Gasteiger partial charge in [-0.25, -0.2) is 0 Å². The van der Waals surface area contributed by atoms with Gasteiger partial charge in [0.2, 0.25) is 5.91 Å². The second-order valence-corrected chi connectivity index (χ2v) is 2.21. The average molecular weight is 138 g/mol. The van der Waals surface area contributed by atoms with E-state index in [-0.39, 0.29) is 12.3 Å². The molecule has 0 saturated heterocycles. The van der Waals surface area contributed by atoms with Crippen LogP contribution >= 0.6 is 0 Å². The summed E-state index contributed by atoms with van der Waals surface area (Å²) >= 11 is 0. The second-order valence-electron chi connectivity index (χ2n) is 2.21. The molecule has 0 spiro atoms. The Morgan fingerprint density at radius 1 is 1.80 bits per heavy atom. The molecule has 0 bridgehead atoms. The topological polar surface area (TPSA) is 55.5 Å². The van der Waals surface area contributed by atoms with Gasteiger partial charge in [0.15, 0.2) is 0 Å². The Morgan fingerprint density at radius 3 is 3.10 bits per heavy atom. The standard InChI is InChI=1S/C7H10N2O/c8-7(10)5-6-3-1-2-4-9-6/h1,3H,2,4-5H2,(H2,8,10). The van der Waals surface area contributed by atoms with Crippen LogP contribution in [-0.4, -0.2) is 18.2 Å². The Hall–Kier alpha value is -1.12. The summed E-state index contributed by atoms with van der Waals surface area (Å²) in [4.78, 5) is 14.5. The predicted octanol–water partition coefficient (Wildman–Crippen LogP) is 0.263. The molecule has 0 aromatic rings. The number of primary amides is 1. The lowest BCUT2D eigenvalue weighted by atomic mass is 10.2. The zero-order valence-electron chi connectivity index (χ0n) is 5.71. The predicted molar refractivity (Wildman–Crippen MR) is 39.9 cm³/mol. The van der Waals surface area contributed by atoms with Crippen molar-refractivity contribution in [2.45, 2.75) is 12.8 Å². The molecule has 0 aromatic heterocycles. The molecule has 1 heterocycles. The number of hydrogen-bond acceptors (Lipinski definition) is 2. The number of aliphatic imine (C=N–C) groups is 1. The normalized spacial score (nSPS) is 16.6. The molecule has 0 aliphatic carbocycles. The fraction of sp³-hybridized carbons (Fsp3) is 0.429. The number of dihydropyridines is 1. The summed E-state index contributed by atoms with van der Waals surface area (Å²) in [5.74, 6) is -0.315. The van der Waals surface area contributed by atoms with Crippen LogP contribution in [0.3, 0.4) is 0 Å². The Labute approximate surface area is 59.6 Å². The monoisotopic (exact) mass is 138 g/mol. The highest BCUT2D eigenvalue weighted by molar-refractivity contribution is 6.06. The van der Waals surface area contributed by atoms with Crippen molar-refractivity contribution in [1.29, 1.82) is 0 Å². The van der Waals surface area contributed by atoms with Gasteiger partial charge in [-0.3, -0.25) is 9.79 Å². The molecule has 0 saturated carbocycles. The van der Waals surface area contributed by atoms with Crippen molar-refractivity contribution in [2.75, 3.05) is 6.54 Å². The highest BCUT2D eigenvalue weighted by Gasteiger charge is 2.01. The van der Waals surface area contributed by atoms with Gasteiger partial charge in [-0.15, -0.1) is 0 Å². The first-order chi connectivity index (χ1) is 4.79. The maximum absolute atomic E-state index is 10.4.